The number of pyridine rings is 1. The van der Waals surface area contributed by atoms with Crippen LogP contribution in [0.3, 0.4) is 0 Å². The lowest BCUT2D eigenvalue weighted by molar-refractivity contribution is 0.0696. The largest absolute Gasteiger partial charge is 0.478 e. The van der Waals surface area contributed by atoms with E-state index in [1.54, 1.807) is 17.1 Å². The van der Waals surface area contributed by atoms with Crippen molar-refractivity contribution < 1.29 is 14.6 Å². The van der Waals surface area contributed by atoms with Gasteiger partial charge in [-0.2, -0.15) is 5.10 Å². The van der Waals surface area contributed by atoms with Gasteiger partial charge in [-0.3, -0.25) is 9.67 Å². The van der Waals surface area contributed by atoms with E-state index in [9.17, 15) is 4.79 Å². The number of carboxylic acid groups (broad SMARTS) is 1. The van der Waals surface area contributed by atoms with Crippen LogP contribution in [0, 0.1) is 0 Å². The number of hydrogen-bond acceptors (Lipinski definition) is 4. The molecule has 0 aromatic carbocycles. The molecule has 6 heteroatoms. The molecule has 0 radical (unpaired) electrons. The van der Waals surface area contributed by atoms with E-state index < -0.39 is 5.97 Å². The van der Waals surface area contributed by atoms with Gasteiger partial charge in [-0.05, 0) is 12.5 Å². The molecule has 94 valence electrons. The van der Waals surface area contributed by atoms with E-state index in [2.05, 4.69) is 17.0 Å². The van der Waals surface area contributed by atoms with Crippen molar-refractivity contribution in [1.82, 2.24) is 14.8 Å². The highest BCUT2D eigenvalue weighted by Gasteiger charge is 2.06. The Kier molecular flexibility index (Phi) is 3.57. The van der Waals surface area contributed by atoms with Crippen molar-refractivity contribution in [3.63, 3.8) is 0 Å². The van der Waals surface area contributed by atoms with Crippen LogP contribution in [0.15, 0.2) is 30.9 Å². The van der Waals surface area contributed by atoms with Crippen molar-refractivity contribution in [1.29, 1.82) is 0 Å². The number of rotatable bonds is 5. The predicted octanol–water partition coefficient (Wildman–Crippen LogP) is 2.18. The van der Waals surface area contributed by atoms with Gasteiger partial charge < -0.3 is 9.84 Å². The van der Waals surface area contributed by atoms with Gasteiger partial charge in [0, 0.05) is 12.7 Å². The maximum atomic E-state index is 10.8. The fourth-order valence-corrected chi connectivity index (χ4v) is 1.48. The first-order valence-electron chi connectivity index (χ1n) is 5.57. The fraction of sp³-hybridized carbons (Fsp3) is 0.250. The SMILES string of the molecule is CCCn1cc(Oc2cncc(C(=O)O)c2)cn1. The van der Waals surface area contributed by atoms with Gasteiger partial charge in [-0.1, -0.05) is 6.92 Å². The van der Waals surface area contributed by atoms with Gasteiger partial charge in [-0.25, -0.2) is 4.79 Å². The fourth-order valence-electron chi connectivity index (χ4n) is 1.48. The molecule has 0 aliphatic carbocycles. The Labute approximate surface area is 104 Å². The van der Waals surface area contributed by atoms with E-state index in [1.165, 1.54) is 18.5 Å². The quantitative estimate of drug-likeness (QED) is 0.876. The highest BCUT2D eigenvalue weighted by atomic mass is 16.5. The van der Waals surface area contributed by atoms with Gasteiger partial charge in [0.15, 0.2) is 5.75 Å². The maximum absolute atomic E-state index is 10.8. The minimum atomic E-state index is -1.03. The number of carbonyl (C=O) groups is 1. The molecule has 0 aliphatic heterocycles. The topological polar surface area (TPSA) is 77.2 Å². The standard InChI is InChI=1S/C12H13N3O3/c1-2-3-15-8-11(7-14-15)18-10-4-9(12(16)17)5-13-6-10/h4-8H,2-3H2,1H3,(H,16,17). The summed E-state index contributed by atoms with van der Waals surface area (Å²) in [5, 5.41) is 13.0. The van der Waals surface area contributed by atoms with Crippen molar-refractivity contribution in [2.75, 3.05) is 0 Å². The van der Waals surface area contributed by atoms with Gasteiger partial charge in [0.25, 0.3) is 0 Å². The van der Waals surface area contributed by atoms with Gasteiger partial charge >= 0.3 is 5.97 Å². The molecule has 2 heterocycles. The molecule has 0 amide bonds. The molecule has 0 atom stereocenters. The lowest BCUT2D eigenvalue weighted by Crippen LogP contribution is -1.97. The third-order valence-corrected chi connectivity index (χ3v) is 2.26. The van der Waals surface area contributed by atoms with Gasteiger partial charge in [0.1, 0.15) is 5.75 Å². The molecule has 2 rings (SSSR count). The van der Waals surface area contributed by atoms with Crippen LogP contribution in [0.1, 0.15) is 23.7 Å². The Morgan fingerprint density at radius 2 is 2.22 bits per heavy atom. The third-order valence-electron chi connectivity index (χ3n) is 2.26. The summed E-state index contributed by atoms with van der Waals surface area (Å²) in [5.74, 6) is -0.0895. The number of aryl methyl sites for hydroxylation is 1. The summed E-state index contributed by atoms with van der Waals surface area (Å²) in [7, 11) is 0. The van der Waals surface area contributed by atoms with Crippen molar-refractivity contribution >= 4 is 5.97 Å². The van der Waals surface area contributed by atoms with Crippen LogP contribution >= 0.6 is 0 Å². The first kappa shape index (κ1) is 12.1. The summed E-state index contributed by atoms with van der Waals surface area (Å²) < 4.78 is 7.25. The van der Waals surface area contributed by atoms with E-state index >= 15 is 0 Å². The molecule has 0 saturated carbocycles. The van der Waals surface area contributed by atoms with E-state index in [0.717, 1.165) is 13.0 Å². The van der Waals surface area contributed by atoms with E-state index in [0.29, 0.717) is 11.5 Å². The Balaban J connectivity index is 2.12. The molecule has 2 aromatic heterocycles. The second-order valence-corrected chi connectivity index (χ2v) is 3.76. The number of carboxylic acids is 1. The van der Waals surface area contributed by atoms with Crippen LogP contribution in [0.4, 0.5) is 0 Å². The summed E-state index contributed by atoms with van der Waals surface area (Å²) in [4.78, 5) is 14.6. The summed E-state index contributed by atoms with van der Waals surface area (Å²) in [6.07, 6.45) is 7.07. The van der Waals surface area contributed by atoms with E-state index in [4.69, 9.17) is 9.84 Å². The average molecular weight is 247 g/mol. The molecule has 0 saturated heterocycles. The first-order chi connectivity index (χ1) is 8.69. The Hall–Kier alpha value is -2.37. The minimum absolute atomic E-state index is 0.0912. The Bertz CT molecular complexity index is 551. The molecule has 0 unspecified atom stereocenters. The molecule has 0 fully saturated rings. The second-order valence-electron chi connectivity index (χ2n) is 3.76. The summed E-state index contributed by atoms with van der Waals surface area (Å²) in [5.41, 5.74) is 0.0912. The lowest BCUT2D eigenvalue weighted by atomic mass is 10.3. The van der Waals surface area contributed by atoms with E-state index in [-0.39, 0.29) is 5.56 Å². The van der Waals surface area contributed by atoms with Crippen LogP contribution in [-0.4, -0.2) is 25.8 Å². The summed E-state index contributed by atoms with van der Waals surface area (Å²) in [6, 6.07) is 1.42. The lowest BCUT2D eigenvalue weighted by Gasteiger charge is -2.02. The van der Waals surface area contributed by atoms with Crippen LogP contribution < -0.4 is 4.74 Å². The van der Waals surface area contributed by atoms with Crippen LogP contribution in [0.25, 0.3) is 0 Å². The predicted molar refractivity (Wildman–Crippen MR) is 63.8 cm³/mol. The summed E-state index contributed by atoms with van der Waals surface area (Å²) >= 11 is 0. The number of aromatic carboxylic acids is 1. The zero-order chi connectivity index (χ0) is 13.0. The van der Waals surface area contributed by atoms with Crippen molar-refractivity contribution in [2.24, 2.45) is 0 Å². The average Bonchev–Trinajstić information content (AvgIpc) is 2.77. The molecule has 0 aliphatic rings. The van der Waals surface area contributed by atoms with Crippen LogP contribution in [-0.2, 0) is 6.54 Å². The summed E-state index contributed by atoms with van der Waals surface area (Å²) in [6.45, 7) is 2.87. The van der Waals surface area contributed by atoms with Gasteiger partial charge in [0.2, 0.25) is 0 Å². The van der Waals surface area contributed by atoms with Crippen LogP contribution in [0.5, 0.6) is 11.5 Å². The number of nitrogens with zero attached hydrogens (tertiary/aromatic N) is 3. The Morgan fingerprint density at radius 1 is 1.39 bits per heavy atom. The normalized spacial score (nSPS) is 10.3. The maximum Gasteiger partial charge on any atom is 0.337 e. The number of hydrogen-bond donors (Lipinski definition) is 1. The van der Waals surface area contributed by atoms with Gasteiger partial charge in [0.05, 0.1) is 24.2 Å². The van der Waals surface area contributed by atoms with E-state index in [1.807, 2.05) is 0 Å². The first-order valence-corrected chi connectivity index (χ1v) is 5.57. The smallest absolute Gasteiger partial charge is 0.337 e. The zero-order valence-corrected chi connectivity index (χ0v) is 9.91. The molecule has 2 aromatic rings. The van der Waals surface area contributed by atoms with Gasteiger partial charge in [-0.15, -0.1) is 0 Å². The zero-order valence-electron chi connectivity index (χ0n) is 9.91. The molecule has 0 bridgehead atoms. The highest BCUT2D eigenvalue weighted by Crippen LogP contribution is 2.20. The second kappa shape index (κ2) is 5.31. The molecular formula is C12H13N3O3. The molecule has 0 spiro atoms. The van der Waals surface area contributed by atoms with Crippen molar-refractivity contribution in [2.45, 2.75) is 19.9 Å². The third kappa shape index (κ3) is 2.85. The number of ether oxygens (including phenoxy) is 1. The molecule has 6 nitrogen and oxygen atoms in total. The Morgan fingerprint density at radius 3 is 2.94 bits per heavy atom. The molecule has 18 heavy (non-hydrogen) atoms. The van der Waals surface area contributed by atoms with Crippen molar-refractivity contribution in [3.8, 4) is 11.5 Å². The molecule has 1 N–H and O–H groups in total. The molecular weight excluding hydrogens is 234 g/mol. The minimum Gasteiger partial charge on any atom is -0.478 e. The van der Waals surface area contributed by atoms with Crippen LogP contribution in [0.2, 0.25) is 0 Å². The number of aromatic nitrogens is 3. The highest BCUT2D eigenvalue weighted by molar-refractivity contribution is 5.87. The monoisotopic (exact) mass is 247 g/mol. The van der Waals surface area contributed by atoms with Crippen molar-refractivity contribution in [3.05, 3.63) is 36.4 Å².